The van der Waals surface area contributed by atoms with Crippen LogP contribution in [0.3, 0.4) is 0 Å². The van der Waals surface area contributed by atoms with Crippen molar-refractivity contribution in [3.8, 4) is 11.5 Å². The van der Waals surface area contributed by atoms with Gasteiger partial charge in [0, 0.05) is 55.8 Å². The van der Waals surface area contributed by atoms with Gasteiger partial charge in [-0.15, -0.1) is 0 Å². The summed E-state index contributed by atoms with van der Waals surface area (Å²) in [5.41, 5.74) is 2.78. The van der Waals surface area contributed by atoms with E-state index in [2.05, 4.69) is 20.8 Å². The average Bonchev–Trinajstić information content (AvgIpc) is 3.36. The molecule has 0 radical (unpaired) electrons. The van der Waals surface area contributed by atoms with Gasteiger partial charge in [0.25, 0.3) is 0 Å². The summed E-state index contributed by atoms with van der Waals surface area (Å²) in [5, 5.41) is 0. The molecule has 10 heteroatoms. The summed E-state index contributed by atoms with van der Waals surface area (Å²) >= 11 is 3.47. The standard InChI is InChI=1S/C23H26BrN3O5S/c1-15-9-18-11-19(24)23(12-20(18)27(15)16(2)28)33(29,30)26-7-5-25(6-8-26)13-17-3-4-21-22(10-17)32-14-31-21/h3-4,10-12,15H,5-9,13-14H2,1-2H3/t15-/m1/s1. The van der Waals surface area contributed by atoms with Crippen molar-refractivity contribution in [3.63, 3.8) is 0 Å². The second-order valence-corrected chi connectivity index (χ2v) is 11.5. The number of amides is 1. The van der Waals surface area contributed by atoms with E-state index in [4.69, 9.17) is 9.47 Å². The van der Waals surface area contributed by atoms with Crippen LogP contribution in [0, 0.1) is 0 Å². The number of ether oxygens (including phenoxy) is 2. The molecule has 176 valence electrons. The van der Waals surface area contributed by atoms with E-state index in [1.807, 2.05) is 31.2 Å². The van der Waals surface area contributed by atoms with Gasteiger partial charge in [-0.05, 0) is 64.7 Å². The Kier molecular flexibility index (Phi) is 5.88. The average molecular weight is 536 g/mol. The van der Waals surface area contributed by atoms with Crippen LogP contribution < -0.4 is 14.4 Å². The first kappa shape index (κ1) is 22.6. The minimum absolute atomic E-state index is 0.0158. The Labute approximate surface area is 202 Å². The second kappa shape index (κ2) is 8.57. The van der Waals surface area contributed by atoms with Crippen molar-refractivity contribution in [2.75, 3.05) is 37.9 Å². The zero-order valence-electron chi connectivity index (χ0n) is 18.6. The number of benzene rings is 2. The fourth-order valence-electron chi connectivity index (χ4n) is 4.86. The molecule has 0 unspecified atom stereocenters. The summed E-state index contributed by atoms with van der Waals surface area (Å²) in [4.78, 5) is 16.3. The first-order valence-corrected chi connectivity index (χ1v) is 13.2. The van der Waals surface area contributed by atoms with Crippen LogP contribution in [0.4, 0.5) is 5.69 Å². The highest BCUT2D eigenvalue weighted by Crippen LogP contribution is 2.39. The van der Waals surface area contributed by atoms with Crippen molar-refractivity contribution in [2.24, 2.45) is 0 Å². The number of nitrogens with zero attached hydrogens (tertiary/aromatic N) is 3. The highest BCUT2D eigenvalue weighted by atomic mass is 79.9. The Bertz CT molecular complexity index is 1210. The molecule has 1 fully saturated rings. The molecule has 33 heavy (non-hydrogen) atoms. The van der Waals surface area contributed by atoms with Gasteiger partial charge in [-0.1, -0.05) is 6.07 Å². The van der Waals surface area contributed by atoms with Gasteiger partial charge in [0.1, 0.15) is 0 Å². The quantitative estimate of drug-likeness (QED) is 0.598. The predicted octanol–water partition coefficient (Wildman–Crippen LogP) is 2.98. The number of rotatable bonds is 4. The summed E-state index contributed by atoms with van der Waals surface area (Å²) in [6, 6.07) is 9.42. The van der Waals surface area contributed by atoms with E-state index in [-0.39, 0.29) is 23.6 Å². The molecule has 0 saturated carbocycles. The van der Waals surface area contributed by atoms with E-state index in [0.29, 0.717) is 42.8 Å². The van der Waals surface area contributed by atoms with Gasteiger partial charge in [-0.2, -0.15) is 4.31 Å². The van der Waals surface area contributed by atoms with E-state index < -0.39 is 10.0 Å². The molecular formula is C23H26BrN3O5S. The molecule has 8 nitrogen and oxygen atoms in total. The Morgan fingerprint density at radius 2 is 1.82 bits per heavy atom. The van der Waals surface area contributed by atoms with Crippen LogP contribution in [0.1, 0.15) is 25.0 Å². The maximum Gasteiger partial charge on any atom is 0.244 e. The molecule has 0 aromatic heterocycles. The summed E-state index contributed by atoms with van der Waals surface area (Å²) in [7, 11) is -3.70. The third-order valence-electron chi connectivity index (χ3n) is 6.48. The fraction of sp³-hybridized carbons (Fsp3) is 0.435. The molecule has 2 aromatic carbocycles. The number of anilines is 1. The molecule has 0 spiro atoms. The molecule has 5 rings (SSSR count). The normalized spacial score (nSPS) is 20.8. The van der Waals surface area contributed by atoms with Gasteiger partial charge in [0.05, 0.1) is 4.90 Å². The maximum atomic E-state index is 13.5. The number of piperazine rings is 1. The molecule has 1 amide bonds. The number of hydrogen-bond acceptors (Lipinski definition) is 6. The second-order valence-electron chi connectivity index (χ2n) is 8.72. The van der Waals surface area contributed by atoms with Crippen molar-refractivity contribution >= 4 is 37.5 Å². The number of fused-ring (bicyclic) bond motifs is 2. The van der Waals surface area contributed by atoms with E-state index >= 15 is 0 Å². The summed E-state index contributed by atoms with van der Waals surface area (Å²) in [5.74, 6) is 1.43. The van der Waals surface area contributed by atoms with Gasteiger partial charge >= 0.3 is 0 Å². The molecule has 3 aliphatic heterocycles. The van der Waals surface area contributed by atoms with Crippen LogP contribution in [-0.2, 0) is 27.8 Å². The van der Waals surface area contributed by atoms with E-state index in [1.54, 1.807) is 11.0 Å². The van der Waals surface area contributed by atoms with Crippen molar-refractivity contribution in [2.45, 2.75) is 37.8 Å². The lowest BCUT2D eigenvalue weighted by Gasteiger charge is -2.34. The predicted molar refractivity (Wildman–Crippen MR) is 127 cm³/mol. The van der Waals surface area contributed by atoms with E-state index in [9.17, 15) is 13.2 Å². The number of halogens is 1. The van der Waals surface area contributed by atoms with E-state index in [1.165, 1.54) is 11.2 Å². The molecule has 0 aliphatic carbocycles. The van der Waals surface area contributed by atoms with Crippen LogP contribution in [0.5, 0.6) is 11.5 Å². The third-order valence-corrected chi connectivity index (χ3v) is 9.34. The van der Waals surface area contributed by atoms with Crippen molar-refractivity contribution in [3.05, 3.63) is 45.9 Å². The lowest BCUT2D eigenvalue weighted by molar-refractivity contribution is -0.116. The summed E-state index contributed by atoms with van der Waals surface area (Å²) in [6.07, 6.45) is 0.715. The maximum absolute atomic E-state index is 13.5. The SMILES string of the molecule is CC(=O)N1c2cc(S(=O)(=O)N3CCN(Cc4ccc5c(c4)OCO5)CC3)c(Br)cc2C[C@H]1C. The molecule has 3 aliphatic rings. The Balaban J connectivity index is 1.30. The lowest BCUT2D eigenvalue weighted by atomic mass is 10.1. The van der Waals surface area contributed by atoms with Gasteiger partial charge < -0.3 is 14.4 Å². The Morgan fingerprint density at radius 3 is 2.55 bits per heavy atom. The van der Waals surface area contributed by atoms with Crippen LogP contribution in [0.2, 0.25) is 0 Å². The lowest BCUT2D eigenvalue weighted by Crippen LogP contribution is -2.48. The molecule has 0 bridgehead atoms. The molecule has 1 saturated heterocycles. The third kappa shape index (κ3) is 4.14. The zero-order chi connectivity index (χ0) is 23.3. The first-order valence-electron chi connectivity index (χ1n) is 11.0. The summed E-state index contributed by atoms with van der Waals surface area (Å²) in [6.45, 7) is 6.53. The minimum atomic E-state index is -3.70. The van der Waals surface area contributed by atoms with Gasteiger partial charge in [-0.25, -0.2) is 8.42 Å². The zero-order valence-corrected chi connectivity index (χ0v) is 21.0. The van der Waals surface area contributed by atoms with Crippen LogP contribution >= 0.6 is 15.9 Å². The molecule has 0 N–H and O–H groups in total. The van der Waals surface area contributed by atoms with Crippen molar-refractivity contribution in [1.82, 2.24) is 9.21 Å². The monoisotopic (exact) mass is 535 g/mol. The Morgan fingerprint density at radius 1 is 1.09 bits per heavy atom. The first-order chi connectivity index (χ1) is 15.7. The van der Waals surface area contributed by atoms with Crippen molar-refractivity contribution < 1.29 is 22.7 Å². The van der Waals surface area contributed by atoms with Crippen LogP contribution in [0.15, 0.2) is 39.7 Å². The minimum Gasteiger partial charge on any atom is -0.454 e. The largest absolute Gasteiger partial charge is 0.454 e. The number of carbonyl (C=O) groups is 1. The fourth-order valence-corrected chi connectivity index (χ4v) is 7.35. The number of hydrogen-bond donors (Lipinski definition) is 0. The Hall–Kier alpha value is -2.14. The van der Waals surface area contributed by atoms with Gasteiger partial charge in [0.2, 0.25) is 22.7 Å². The molecule has 3 heterocycles. The molecule has 1 atom stereocenters. The summed E-state index contributed by atoms with van der Waals surface area (Å²) < 4.78 is 39.9. The number of sulfonamides is 1. The van der Waals surface area contributed by atoms with Crippen LogP contribution in [0.25, 0.3) is 0 Å². The van der Waals surface area contributed by atoms with E-state index in [0.717, 1.165) is 29.2 Å². The topological polar surface area (TPSA) is 79.4 Å². The molecular weight excluding hydrogens is 510 g/mol. The smallest absolute Gasteiger partial charge is 0.244 e. The number of carbonyl (C=O) groups excluding carboxylic acids is 1. The highest BCUT2D eigenvalue weighted by molar-refractivity contribution is 9.10. The van der Waals surface area contributed by atoms with Crippen LogP contribution in [-0.4, -0.2) is 62.5 Å². The van der Waals surface area contributed by atoms with Gasteiger partial charge in [-0.3, -0.25) is 9.69 Å². The highest BCUT2D eigenvalue weighted by Gasteiger charge is 2.35. The molecule has 2 aromatic rings. The van der Waals surface area contributed by atoms with Gasteiger partial charge in [0.15, 0.2) is 11.5 Å². The van der Waals surface area contributed by atoms with Crippen molar-refractivity contribution in [1.29, 1.82) is 0 Å².